The van der Waals surface area contributed by atoms with Crippen LogP contribution in [0.15, 0.2) is 18.3 Å². The molecule has 3 heteroatoms. The molecule has 2 aromatic rings. The Hall–Kier alpha value is -1.77. The molecule has 2 rings (SSSR count). The van der Waals surface area contributed by atoms with Gasteiger partial charge in [0.2, 0.25) is 0 Å². The summed E-state index contributed by atoms with van der Waals surface area (Å²) in [5.41, 5.74) is 2.82. The van der Waals surface area contributed by atoms with Gasteiger partial charge in [-0.1, -0.05) is 0 Å². The number of carbonyl (C=O) groups is 1. The lowest BCUT2D eigenvalue weighted by Crippen LogP contribution is -1.95. The van der Waals surface area contributed by atoms with E-state index in [1.165, 1.54) is 0 Å². The monoisotopic (exact) mass is 203 g/mol. The number of hydrogen-bond donors (Lipinski definition) is 0. The smallest absolute Gasteiger partial charge is 0.154 e. The Morgan fingerprint density at radius 3 is 2.80 bits per heavy atom. The lowest BCUT2D eigenvalue weighted by molar-refractivity contribution is 0.112. The van der Waals surface area contributed by atoms with Crippen molar-refractivity contribution in [2.75, 3.05) is 7.11 Å². The summed E-state index contributed by atoms with van der Waals surface area (Å²) in [5.74, 6) is 0.640. The number of nitrogens with zero attached hydrogens (tertiary/aromatic N) is 1. The third kappa shape index (κ3) is 1.31. The maximum absolute atomic E-state index is 11.0. The number of aldehydes is 1. The maximum Gasteiger partial charge on any atom is 0.154 e. The van der Waals surface area contributed by atoms with Crippen LogP contribution in [-0.4, -0.2) is 18.0 Å². The first kappa shape index (κ1) is 9.77. The van der Waals surface area contributed by atoms with Crippen molar-refractivity contribution in [3.63, 3.8) is 0 Å². The Morgan fingerprint density at radius 1 is 1.47 bits per heavy atom. The third-order valence-corrected chi connectivity index (χ3v) is 2.69. The second-order valence-corrected chi connectivity index (χ2v) is 3.62. The van der Waals surface area contributed by atoms with E-state index in [-0.39, 0.29) is 0 Å². The second kappa shape index (κ2) is 3.42. The van der Waals surface area contributed by atoms with Crippen LogP contribution in [0.4, 0.5) is 0 Å². The van der Waals surface area contributed by atoms with Crippen molar-refractivity contribution in [2.45, 2.75) is 6.92 Å². The lowest BCUT2D eigenvalue weighted by Gasteiger charge is -2.08. The van der Waals surface area contributed by atoms with Crippen LogP contribution in [0, 0.1) is 6.92 Å². The van der Waals surface area contributed by atoms with Gasteiger partial charge in [-0.2, -0.15) is 0 Å². The molecule has 0 unspecified atom stereocenters. The molecule has 0 spiro atoms. The number of fused-ring (bicyclic) bond motifs is 1. The molecule has 78 valence electrons. The summed E-state index contributed by atoms with van der Waals surface area (Å²) in [7, 11) is 3.55. The first-order chi connectivity index (χ1) is 7.19. The van der Waals surface area contributed by atoms with Crippen molar-refractivity contribution in [1.82, 2.24) is 4.57 Å². The molecular formula is C12H13NO2. The summed E-state index contributed by atoms with van der Waals surface area (Å²) in [6.45, 7) is 2.01. The first-order valence-corrected chi connectivity index (χ1v) is 4.77. The molecule has 1 aromatic carbocycles. The first-order valence-electron chi connectivity index (χ1n) is 4.77. The second-order valence-electron chi connectivity index (χ2n) is 3.62. The summed E-state index contributed by atoms with van der Waals surface area (Å²) in [4.78, 5) is 11.0. The van der Waals surface area contributed by atoms with E-state index in [1.807, 2.05) is 36.9 Å². The fourth-order valence-corrected chi connectivity index (χ4v) is 2.00. The van der Waals surface area contributed by atoms with Gasteiger partial charge in [-0.25, -0.2) is 0 Å². The Bertz CT molecular complexity index is 526. The van der Waals surface area contributed by atoms with Gasteiger partial charge in [-0.05, 0) is 24.6 Å². The Labute approximate surface area is 88.3 Å². The summed E-state index contributed by atoms with van der Waals surface area (Å²) < 4.78 is 7.20. The van der Waals surface area contributed by atoms with E-state index in [1.54, 1.807) is 7.11 Å². The minimum Gasteiger partial charge on any atom is -0.496 e. The van der Waals surface area contributed by atoms with Crippen LogP contribution < -0.4 is 4.74 Å². The van der Waals surface area contributed by atoms with Gasteiger partial charge in [0.1, 0.15) is 5.75 Å². The SMILES string of the molecule is COc1cc(C)c2c(ccn2C)c1C=O. The summed E-state index contributed by atoms with van der Waals surface area (Å²) in [6, 6.07) is 3.83. The van der Waals surface area contributed by atoms with Crippen LogP contribution in [0.2, 0.25) is 0 Å². The van der Waals surface area contributed by atoms with Crippen molar-refractivity contribution >= 4 is 17.2 Å². The molecule has 0 saturated heterocycles. The quantitative estimate of drug-likeness (QED) is 0.701. The van der Waals surface area contributed by atoms with E-state index in [4.69, 9.17) is 4.74 Å². The van der Waals surface area contributed by atoms with E-state index in [2.05, 4.69) is 0 Å². The molecule has 1 aromatic heterocycles. The molecule has 0 radical (unpaired) electrons. The zero-order valence-corrected chi connectivity index (χ0v) is 9.07. The van der Waals surface area contributed by atoms with Gasteiger partial charge >= 0.3 is 0 Å². The molecule has 0 saturated carbocycles. The zero-order valence-electron chi connectivity index (χ0n) is 9.07. The Kier molecular flexibility index (Phi) is 2.23. The van der Waals surface area contributed by atoms with Crippen molar-refractivity contribution in [1.29, 1.82) is 0 Å². The molecule has 15 heavy (non-hydrogen) atoms. The molecule has 0 fully saturated rings. The van der Waals surface area contributed by atoms with Crippen LogP contribution in [0.1, 0.15) is 15.9 Å². The topological polar surface area (TPSA) is 31.2 Å². The molecule has 0 aliphatic heterocycles. The summed E-state index contributed by atoms with van der Waals surface area (Å²) in [6.07, 6.45) is 2.80. The number of carbonyl (C=O) groups excluding carboxylic acids is 1. The van der Waals surface area contributed by atoms with Crippen molar-refractivity contribution in [3.05, 3.63) is 29.5 Å². The molecule has 0 aliphatic carbocycles. The summed E-state index contributed by atoms with van der Waals surface area (Å²) >= 11 is 0. The van der Waals surface area contributed by atoms with E-state index >= 15 is 0 Å². The molecule has 0 N–H and O–H groups in total. The molecular weight excluding hydrogens is 190 g/mol. The average Bonchev–Trinajstić information content (AvgIpc) is 2.61. The fraction of sp³-hybridized carbons (Fsp3) is 0.250. The van der Waals surface area contributed by atoms with E-state index < -0.39 is 0 Å². The molecule has 0 atom stereocenters. The van der Waals surface area contributed by atoms with Gasteiger partial charge in [-0.15, -0.1) is 0 Å². The van der Waals surface area contributed by atoms with Crippen molar-refractivity contribution < 1.29 is 9.53 Å². The lowest BCUT2D eigenvalue weighted by atomic mass is 10.1. The normalized spacial score (nSPS) is 10.6. The Morgan fingerprint density at radius 2 is 2.20 bits per heavy atom. The van der Waals surface area contributed by atoms with E-state index in [0.717, 1.165) is 22.8 Å². The van der Waals surface area contributed by atoms with Gasteiger partial charge in [0.25, 0.3) is 0 Å². The predicted molar refractivity (Wildman–Crippen MR) is 59.6 cm³/mol. The molecule has 0 aliphatic rings. The third-order valence-electron chi connectivity index (χ3n) is 2.69. The number of aryl methyl sites for hydroxylation is 2. The number of rotatable bonds is 2. The molecule has 0 amide bonds. The van der Waals surface area contributed by atoms with Crippen LogP contribution in [0.5, 0.6) is 5.75 Å². The molecule has 0 bridgehead atoms. The number of hydrogen-bond acceptors (Lipinski definition) is 2. The fourth-order valence-electron chi connectivity index (χ4n) is 2.00. The van der Waals surface area contributed by atoms with Gasteiger partial charge < -0.3 is 9.30 Å². The molecule has 3 nitrogen and oxygen atoms in total. The number of benzene rings is 1. The predicted octanol–water partition coefficient (Wildman–Crippen LogP) is 2.31. The standard InChI is InChI=1S/C12H13NO2/c1-8-6-11(15-3)10(7-14)9-4-5-13(2)12(8)9/h4-7H,1-3H3. The van der Waals surface area contributed by atoms with Gasteiger partial charge in [0.05, 0.1) is 18.2 Å². The van der Waals surface area contributed by atoms with Crippen LogP contribution in [0.3, 0.4) is 0 Å². The van der Waals surface area contributed by atoms with Crippen molar-refractivity contribution in [3.8, 4) is 5.75 Å². The maximum atomic E-state index is 11.0. The zero-order chi connectivity index (χ0) is 11.0. The van der Waals surface area contributed by atoms with E-state index in [0.29, 0.717) is 11.3 Å². The van der Waals surface area contributed by atoms with Gasteiger partial charge in [0.15, 0.2) is 6.29 Å². The highest BCUT2D eigenvalue weighted by molar-refractivity contribution is 6.01. The number of aromatic nitrogens is 1. The van der Waals surface area contributed by atoms with Crippen LogP contribution in [0.25, 0.3) is 10.9 Å². The summed E-state index contributed by atoms with van der Waals surface area (Å²) in [5, 5.41) is 0.948. The number of methoxy groups -OCH3 is 1. The minimum atomic E-state index is 0.624. The highest BCUT2D eigenvalue weighted by Crippen LogP contribution is 2.29. The Balaban J connectivity index is 2.92. The van der Waals surface area contributed by atoms with Gasteiger partial charge in [-0.3, -0.25) is 4.79 Å². The van der Waals surface area contributed by atoms with E-state index in [9.17, 15) is 4.79 Å². The highest BCUT2D eigenvalue weighted by Gasteiger charge is 2.12. The molecule has 1 heterocycles. The largest absolute Gasteiger partial charge is 0.496 e. The van der Waals surface area contributed by atoms with Crippen LogP contribution >= 0.6 is 0 Å². The van der Waals surface area contributed by atoms with Crippen molar-refractivity contribution in [2.24, 2.45) is 7.05 Å². The number of ether oxygens (including phenoxy) is 1. The van der Waals surface area contributed by atoms with Gasteiger partial charge in [0, 0.05) is 18.6 Å². The van der Waals surface area contributed by atoms with Crippen LogP contribution in [-0.2, 0) is 7.05 Å². The highest BCUT2D eigenvalue weighted by atomic mass is 16.5. The minimum absolute atomic E-state index is 0.624. The average molecular weight is 203 g/mol.